The van der Waals surface area contributed by atoms with E-state index in [9.17, 15) is 4.79 Å². The third kappa shape index (κ3) is 2.65. The van der Waals surface area contributed by atoms with Crippen molar-refractivity contribution in [3.63, 3.8) is 0 Å². The molecule has 1 aromatic rings. The van der Waals surface area contributed by atoms with E-state index < -0.39 is 0 Å². The number of urea groups is 1. The molecule has 0 radical (unpaired) electrons. The van der Waals surface area contributed by atoms with Gasteiger partial charge in [-0.15, -0.1) is 0 Å². The van der Waals surface area contributed by atoms with Crippen LogP contribution in [0.4, 0.5) is 4.79 Å². The molecule has 2 amide bonds. The molecular formula is C19H26N2O3. The number of hydrogen-bond donors (Lipinski definition) is 2. The SMILES string of the molecule is CC1(C)[C@H](NC(=O)NCCc2ccc3c(c2)CCO3)[C@@H]2CCO[C@@H]21. The number of carbonyl (C=O) groups is 1. The van der Waals surface area contributed by atoms with Gasteiger partial charge in [-0.3, -0.25) is 0 Å². The number of ether oxygens (including phenoxy) is 2. The van der Waals surface area contributed by atoms with Gasteiger partial charge in [0.1, 0.15) is 5.75 Å². The maximum atomic E-state index is 12.2. The molecule has 2 heterocycles. The Balaban J connectivity index is 1.25. The maximum absolute atomic E-state index is 12.2. The van der Waals surface area contributed by atoms with E-state index in [2.05, 4.69) is 36.6 Å². The van der Waals surface area contributed by atoms with Gasteiger partial charge in [-0.25, -0.2) is 4.79 Å². The van der Waals surface area contributed by atoms with Crippen molar-refractivity contribution in [1.82, 2.24) is 10.6 Å². The zero-order valence-corrected chi connectivity index (χ0v) is 14.4. The fourth-order valence-corrected chi connectivity index (χ4v) is 4.53. The fourth-order valence-electron chi connectivity index (χ4n) is 4.53. The van der Waals surface area contributed by atoms with Crippen molar-refractivity contribution in [2.45, 2.75) is 45.3 Å². The van der Waals surface area contributed by atoms with Gasteiger partial charge in [0, 0.05) is 36.9 Å². The Bertz CT molecular complexity index is 643. The number of hydrogen-bond acceptors (Lipinski definition) is 3. The van der Waals surface area contributed by atoms with E-state index in [0.717, 1.165) is 38.2 Å². The van der Waals surface area contributed by atoms with Gasteiger partial charge < -0.3 is 20.1 Å². The summed E-state index contributed by atoms with van der Waals surface area (Å²) in [6.07, 6.45) is 3.18. The normalized spacial score (nSPS) is 29.2. The first-order valence-electron chi connectivity index (χ1n) is 8.96. The molecule has 24 heavy (non-hydrogen) atoms. The number of amides is 2. The largest absolute Gasteiger partial charge is 0.493 e. The van der Waals surface area contributed by atoms with Gasteiger partial charge in [0.15, 0.2) is 0 Å². The van der Waals surface area contributed by atoms with Crippen LogP contribution in [-0.4, -0.2) is 37.9 Å². The lowest BCUT2D eigenvalue weighted by molar-refractivity contribution is -0.108. The lowest BCUT2D eigenvalue weighted by Gasteiger charge is -2.54. The van der Waals surface area contributed by atoms with Crippen LogP contribution in [0.2, 0.25) is 0 Å². The third-order valence-corrected chi connectivity index (χ3v) is 5.84. The fraction of sp³-hybridized carbons (Fsp3) is 0.632. The first kappa shape index (κ1) is 15.8. The Hall–Kier alpha value is -1.75. The molecule has 0 aromatic heterocycles. The molecule has 0 bridgehead atoms. The molecule has 3 aliphatic rings. The summed E-state index contributed by atoms with van der Waals surface area (Å²) < 4.78 is 11.3. The van der Waals surface area contributed by atoms with Crippen LogP contribution in [0.5, 0.6) is 5.75 Å². The first-order valence-corrected chi connectivity index (χ1v) is 8.96. The van der Waals surface area contributed by atoms with E-state index in [4.69, 9.17) is 9.47 Å². The van der Waals surface area contributed by atoms with Crippen LogP contribution in [0.1, 0.15) is 31.4 Å². The number of fused-ring (bicyclic) bond motifs is 2. The summed E-state index contributed by atoms with van der Waals surface area (Å²) in [7, 11) is 0. The second-order valence-electron chi connectivity index (χ2n) is 7.73. The molecule has 130 valence electrons. The molecule has 2 aliphatic heterocycles. The van der Waals surface area contributed by atoms with E-state index >= 15 is 0 Å². The van der Waals surface area contributed by atoms with E-state index in [1.165, 1.54) is 11.1 Å². The second kappa shape index (κ2) is 5.96. The minimum atomic E-state index is -0.0667. The lowest BCUT2D eigenvalue weighted by Crippen LogP contribution is -2.67. The number of nitrogens with one attached hydrogen (secondary N) is 2. The number of rotatable bonds is 4. The highest BCUT2D eigenvalue weighted by molar-refractivity contribution is 5.74. The Morgan fingerprint density at radius 1 is 1.33 bits per heavy atom. The monoisotopic (exact) mass is 330 g/mol. The topological polar surface area (TPSA) is 59.6 Å². The highest BCUT2D eigenvalue weighted by atomic mass is 16.5. The molecule has 3 atom stereocenters. The Morgan fingerprint density at radius 3 is 3.08 bits per heavy atom. The van der Waals surface area contributed by atoms with Crippen LogP contribution < -0.4 is 15.4 Å². The molecule has 4 rings (SSSR count). The molecule has 5 nitrogen and oxygen atoms in total. The van der Waals surface area contributed by atoms with Crippen LogP contribution in [0.15, 0.2) is 18.2 Å². The number of carbonyl (C=O) groups excluding carboxylic acids is 1. The zero-order chi connectivity index (χ0) is 16.7. The van der Waals surface area contributed by atoms with Gasteiger partial charge in [-0.05, 0) is 30.0 Å². The summed E-state index contributed by atoms with van der Waals surface area (Å²) >= 11 is 0. The summed E-state index contributed by atoms with van der Waals surface area (Å²) in [5.41, 5.74) is 2.55. The summed E-state index contributed by atoms with van der Waals surface area (Å²) in [5.74, 6) is 1.48. The minimum absolute atomic E-state index is 0.0263. The minimum Gasteiger partial charge on any atom is -0.493 e. The summed E-state index contributed by atoms with van der Waals surface area (Å²) in [6.45, 7) is 6.60. The van der Waals surface area contributed by atoms with Gasteiger partial charge in [0.2, 0.25) is 0 Å². The molecule has 1 aliphatic carbocycles. The standard InChI is InChI=1S/C19H26N2O3/c1-19(2)16(14-7-10-24-17(14)19)21-18(22)20-8-5-12-3-4-15-13(11-12)6-9-23-15/h3-4,11,14,16-17H,5-10H2,1-2H3,(H2,20,21,22)/t14-,16+,17-/m0/s1. The summed E-state index contributed by atoms with van der Waals surface area (Å²) in [6, 6.07) is 6.45. The van der Waals surface area contributed by atoms with Crippen molar-refractivity contribution < 1.29 is 14.3 Å². The van der Waals surface area contributed by atoms with Gasteiger partial charge in [-0.2, -0.15) is 0 Å². The highest BCUT2D eigenvalue weighted by Crippen LogP contribution is 2.52. The second-order valence-corrected chi connectivity index (χ2v) is 7.73. The average Bonchev–Trinajstić information content (AvgIpc) is 3.20. The smallest absolute Gasteiger partial charge is 0.315 e. The van der Waals surface area contributed by atoms with Crippen molar-refractivity contribution in [2.24, 2.45) is 11.3 Å². The molecule has 1 saturated heterocycles. The van der Waals surface area contributed by atoms with Crippen molar-refractivity contribution in [1.29, 1.82) is 0 Å². The van der Waals surface area contributed by atoms with Crippen molar-refractivity contribution in [3.05, 3.63) is 29.3 Å². The molecular weight excluding hydrogens is 304 g/mol. The van der Waals surface area contributed by atoms with Gasteiger partial charge in [0.25, 0.3) is 0 Å². The summed E-state index contributed by atoms with van der Waals surface area (Å²) in [5, 5.41) is 6.15. The predicted octanol–water partition coefficient (Wildman–Crippen LogP) is 2.28. The van der Waals surface area contributed by atoms with Crippen LogP contribution in [0.25, 0.3) is 0 Å². The molecule has 0 unspecified atom stereocenters. The average molecular weight is 330 g/mol. The van der Waals surface area contributed by atoms with Crippen molar-refractivity contribution in [3.8, 4) is 5.75 Å². The first-order chi connectivity index (χ1) is 11.6. The quantitative estimate of drug-likeness (QED) is 0.890. The zero-order valence-electron chi connectivity index (χ0n) is 14.4. The van der Waals surface area contributed by atoms with Crippen molar-refractivity contribution >= 4 is 6.03 Å². The molecule has 2 fully saturated rings. The molecule has 0 spiro atoms. The maximum Gasteiger partial charge on any atom is 0.315 e. The lowest BCUT2D eigenvalue weighted by atomic mass is 9.57. The van der Waals surface area contributed by atoms with Crippen molar-refractivity contribution in [2.75, 3.05) is 19.8 Å². The van der Waals surface area contributed by atoms with Gasteiger partial charge in [-0.1, -0.05) is 26.0 Å². The van der Waals surface area contributed by atoms with Crippen LogP contribution in [0, 0.1) is 11.3 Å². The predicted molar refractivity (Wildman–Crippen MR) is 91.3 cm³/mol. The van der Waals surface area contributed by atoms with Gasteiger partial charge >= 0.3 is 6.03 Å². The third-order valence-electron chi connectivity index (χ3n) is 5.84. The Morgan fingerprint density at radius 2 is 2.21 bits per heavy atom. The molecule has 1 saturated carbocycles. The van der Waals surface area contributed by atoms with Crippen LogP contribution >= 0.6 is 0 Å². The molecule has 5 heteroatoms. The molecule has 1 aromatic carbocycles. The van der Waals surface area contributed by atoms with E-state index in [1.54, 1.807) is 0 Å². The number of benzene rings is 1. The van der Waals surface area contributed by atoms with Crippen LogP contribution in [0.3, 0.4) is 0 Å². The Kier molecular flexibility index (Phi) is 3.91. The Labute approximate surface area is 143 Å². The van der Waals surface area contributed by atoms with Gasteiger partial charge in [0.05, 0.1) is 12.7 Å². The van der Waals surface area contributed by atoms with E-state index in [1.807, 2.05) is 6.07 Å². The molecule has 2 N–H and O–H groups in total. The summed E-state index contributed by atoms with van der Waals surface area (Å²) in [4.78, 5) is 12.2. The van der Waals surface area contributed by atoms with Crippen LogP contribution in [-0.2, 0) is 17.6 Å². The van der Waals surface area contributed by atoms with E-state index in [0.29, 0.717) is 18.6 Å². The van der Waals surface area contributed by atoms with E-state index in [-0.39, 0.29) is 17.5 Å². The highest BCUT2D eigenvalue weighted by Gasteiger charge is 2.59.